The van der Waals surface area contributed by atoms with Gasteiger partial charge in [0.05, 0.1) is 0 Å². The average molecular weight is 236 g/mol. The van der Waals surface area contributed by atoms with Crippen LogP contribution in [0.3, 0.4) is 0 Å². The molecule has 16 heavy (non-hydrogen) atoms. The lowest BCUT2D eigenvalue weighted by molar-refractivity contribution is 0.194. The minimum atomic E-state index is -1.03. The van der Waals surface area contributed by atoms with E-state index in [2.05, 4.69) is 5.32 Å². The maximum absolute atomic E-state index is 10.4. The minimum absolute atomic E-state index is 0.285. The highest BCUT2D eigenvalue weighted by Crippen LogP contribution is 2.26. The summed E-state index contributed by atoms with van der Waals surface area (Å²) in [6, 6.07) is 11.3. The molecule has 3 nitrogen and oxygen atoms in total. The van der Waals surface area contributed by atoms with E-state index in [-0.39, 0.29) is 6.54 Å². The third-order valence-electron chi connectivity index (χ3n) is 2.39. The van der Waals surface area contributed by atoms with Crippen molar-refractivity contribution in [2.45, 2.75) is 6.54 Å². The summed E-state index contributed by atoms with van der Waals surface area (Å²) >= 11 is 6.05. The van der Waals surface area contributed by atoms with E-state index in [1.54, 1.807) is 6.07 Å². The average Bonchev–Trinajstić information content (AvgIpc) is 2.28. The number of nitrogens with one attached hydrogen (secondary N) is 1. The molecule has 0 spiro atoms. The molecule has 0 fully saturated rings. The summed E-state index contributed by atoms with van der Waals surface area (Å²) in [6.07, 6.45) is -1.03. The number of carbonyl (C=O) groups is 1. The van der Waals surface area contributed by atoms with Gasteiger partial charge in [0.1, 0.15) is 0 Å². The van der Waals surface area contributed by atoms with Gasteiger partial charge in [0.2, 0.25) is 0 Å². The molecule has 0 heterocycles. The summed E-state index contributed by atoms with van der Waals surface area (Å²) in [5, 5.41) is 13.5. The Hall–Kier alpha value is -1.74. The molecule has 1 amide bonds. The summed E-state index contributed by atoms with van der Waals surface area (Å²) in [4.78, 5) is 10.4. The number of rotatable bonds is 2. The van der Waals surface area contributed by atoms with Crippen LogP contribution in [-0.4, -0.2) is 11.2 Å². The summed E-state index contributed by atoms with van der Waals surface area (Å²) in [6.45, 7) is 0.285. The number of hydrogen-bond donors (Lipinski definition) is 2. The van der Waals surface area contributed by atoms with Crippen molar-refractivity contribution >= 4 is 28.5 Å². The molecule has 2 aromatic rings. The molecule has 0 bridgehead atoms. The van der Waals surface area contributed by atoms with Gasteiger partial charge in [0, 0.05) is 17.0 Å². The van der Waals surface area contributed by atoms with Gasteiger partial charge in [-0.3, -0.25) is 0 Å². The topological polar surface area (TPSA) is 49.3 Å². The molecule has 0 aliphatic rings. The van der Waals surface area contributed by atoms with E-state index in [9.17, 15) is 4.79 Å². The molecule has 0 saturated carbocycles. The minimum Gasteiger partial charge on any atom is -0.465 e. The summed E-state index contributed by atoms with van der Waals surface area (Å²) in [7, 11) is 0. The van der Waals surface area contributed by atoms with Crippen LogP contribution in [0.1, 0.15) is 5.56 Å². The van der Waals surface area contributed by atoms with Crippen LogP contribution in [0.4, 0.5) is 4.79 Å². The van der Waals surface area contributed by atoms with Gasteiger partial charge < -0.3 is 10.4 Å². The Kier molecular flexibility index (Phi) is 2.97. The zero-order valence-electron chi connectivity index (χ0n) is 8.40. The van der Waals surface area contributed by atoms with Crippen molar-refractivity contribution in [3.63, 3.8) is 0 Å². The second kappa shape index (κ2) is 4.41. The predicted molar refractivity (Wildman–Crippen MR) is 63.8 cm³/mol. The standard InChI is InChI=1S/C12H10ClNO2/c13-11-6-5-8(7-14-12(15)16)9-3-1-2-4-10(9)11/h1-6,14H,7H2,(H,15,16). The Bertz CT molecular complexity index is 540. The van der Waals surface area contributed by atoms with Crippen LogP contribution >= 0.6 is 11.6 Å². The first-order valence-electron chi connectivity index (χ1n) is 4.81. The lowest BCUT2D eigenvalue weighted by Crippen LogP contribution is -2.20. The monoisotopic (exact) mass is 235 g/mol. The van der Waals surface area contributed by atoms with Crippen LogP contribution < -0.4 is 5.32 Å². The first kappa shape index (κ1) is 10.8. The third-order valence-corrected chi connectivity index (χ3v) is 2.72. The van der Waals surface area contributed by atoms with Gasteiger partial charge in [0.25, 0.3) is 0 Å². The summed E-state index contributed by atoms with van der Waals surface area (Å²) < 4.78 is 0. The molecule has 2 rings (SSSR count). The molecule has 82 valence electrons. The number of hydrogen-bond acceptors (Lipinski definition) is 1. The van der Waals surface area contributed by atoms with Crippen LogP contribution in [0.2, 0.25) is 5.02 Å². The molecule has 2 N–H and O–H groups in total. The van der Waals surface area contributed by atoms with Crippen molar-refractivity contribution in [1.82, 2.24) is 5.32 Å². The fraction of sp³-hybridized carbons (Fsp3) is 0.0833. The van der Waals surface area contributed by atoms with Crippen molar-refractivity contribution in [2.24, 2.45) is 0 Å². The Morgan fingerprint density at radius 1 is 1.19 bits per heavy atom. The molecular formula is C12H10ClNO2. The third kappa shape index (κ3) is 2.09. The molecule has 4 heteroatoms. The fourth-order valence-electron chi connectivity index (χ4n) is 1.65. The van der Waals surface area contributed by atoms with Gasteiger partial charge in [-0.2, -0.15) is 0 Å². The van der Waals surface area contributed by atoms with Crippen LogP contribution in [0.5, 0.6) is 0 Å². The van der Waals surface area contributed by atoms with Crippen molar-refractivity contribution in [2.75, 3.05) is 0 Å². The van der Waals surface area contributed by atoms with E-state index in [1.807, 2.05) is 30.3 Å². The Balaban J connectivity index is 2.46. The lowest BCUT2D eigenvalue weighted by Gasteiger charge is -2.07. The van der Waals surface area contributed by atoms with Gasteiger partial charge >= 0.3 is 6.09 Å². The smallest absolute Gasteiger partial charge is 0.404 e. The van der Waals surface area contributed by atoms with Crippen LogP contribution in [0, 0.1) is 0 Å². The molecule has 0 saturated heterocycles. The molecular weight excluding hydrogens is 226 g/mol. The number of fused-ring (bicyclic) bond motifs is 1. The van der Waals surface area contributed by atoms with Gasteiger partial charge in [-0.25, -0.2) is 4.79 Å². The zero-order valence-corrected chi connectivity index (χ0v) is 9.16. The Labute approximate surface area is 97.7 Å². The molecule has 0 radical (unpaired) electrons. The van der Waals surface area contributed by atoms with E-state index in [4.69, 9.17) is 16.7 Å². The van der Waals surface area contributed by atoms with Crippen molar-refractivity contribution in [1.29, 1.82) is 0 Å². The molecule has 0 aliphatic carbocycles. The molecule has 2 aromatic carbocycles. The Morgan fingerprint density at radius 3 is 2.56 bits per heavy atom. The highest BCUT2D eigenvalue weighted by molar-refractivity contribution is 6.35. The van der Waals surface area contributed by atoms with E-state index in [1.165, 1.54) is 0 Å². The van der Waals surface area contributed by atoms with E-state index < -0.39 is 6.09 Å². The van der Waals surface area contributed by atoms with Crippen molar-refractivity contribution in [3.8, 4) is 0 Å². The van der Waals surface area contributed by atoms with Crippen molar-refractivity contribution in [3.05, 3.63) is 47.0 Å². The van der Waals surface area contributed by atoms with Gasteiger partial charge in [-0.1, -0.05) is 41.9 Å². The lowest BCUT2D eigenvalue weighted by atomic mass is 10.0. The van der Waals surface area contributed by atoms with Crippen LogP contribution in [-0.2, 0) is 6.54 Å². The highest BCUT2D eigenvalue weighted by Gasteiger charge is 2.04. The molecule has 0 aliphatic heterocycles. The second-order valence-electron chi connectivity index (χ2n) is 3.41. The first-order chi connectivity index (χ1) is 7.68. The Morgan fingerprint density at radius 2 is 1.88 bits per heavy atom. The SMILES string of the molecule is O=C(O)NCc1ccc(Cl)c2ccccc12. The maximum atomic E-state index is 10.4. The second-order valence-corrected chi connectivity index (χ2v) is 3.82. The zero-order chi connectivity index (χ0) is 11.5. The van der Waals surface area contributed by atoms with Crippen LogP contribution in [0.25, 0.3) is 10.8 Å². The summed E-state index contributed by atoms with van der Waals surface area (Å²) in [5.74, 6) is 0. The van der Waals surface area contributed by atoms with E-state index in [0.717, 1.165) is 16.3 Å². The highest BCUT2D eigenvalue weighted by atomic mass is 35.5. The largest absolute Gasteiger partial charge is 0.465 e. The quantitative estimate of drug-likeness (QED) is 0.839. The van der Waals surface area contributed by atoms with Gasteiger partial charge in [-0.15, -0.1) is 0 Å². The number of benzene rings is 2. The van der Waals surface area contributed by atoms with Gasteiger partial charge in [-0.05, 0) is 17.0 Å². The predicted octanol–water partition coefficient (Wildman–Crippen LogP) is 3.26. The van der Waals surface area contributed by atoms with Crippen molar-refractivity contribution < 1.29 is 9.90 Å². The van der Waals surface area contributed by atoms with E-state index >= 15 is 0 Å². The normalized spacial score (nSPS) is 10.3. The number of halogens is 1. The van der Waals surface area contributed by atoms with Crippen LogP contribution in [0.15, 0.2) is 36.4 Å². The number of amides is 1. The molecule has 0 aromatic heterocycles. The fourth-order valence-corrected chi connectivity index (χ4v) is 1.88. The summed E-state index contributed by atoms with van der Waals surface area (Å²) in [5.41, 5.74) is 0.919. The van der Waals surface area contributed by atoms with Gasteiger partial charge in [0.15, 0.2) is 0 Å². The molecule has 0 atom stereocenters. The van der Waals surface area contributed by atoms with E-state index in [0.29, 0.717) is 5.02 Å². The molecule has 0 unspecified atom stereocenters. The number of carboxylic acid groups (broad SMARTS) is 1. The maximum Gasteiger partial charge on any atom is 0.404 e. The first-order valence-corrected chi connectivity index (χ1v) is 5.19.